The molecule has 1 aliphatic rings. The van der Waals surface area contributed by atoms with Gasteiger partial charge in [0.25, 0.3) is 0 Å². The molecule has 3 rings (SSSR count). The fraction of sp³-hybridized carbons (Fsp3) is 0.0833. The summed E-state index contributed by atoms with van der Waals surface area (Å²) >= 11 is 1.87. The van der Waals surface area contributed by atoms with E-state index in [2.05, 4.69) is 35.3 Å². The van der Waals surface area contributed by atoms with Gasteiger partial charge >= 0.3 is 0 Å². The third kappa shape index (κ3) is 1.15. The van der Waals surface area contributed by atoms with E-state index in [4.69, 9.17) is 0 Å². The first-order chi connectivity index (χ1) is 6.95. The van der Waals surface area contributed by atoms with Crippen molar-refractivity contribution in [2.45, 2.75) is 10.6 Å². The van der Waals surface area contributed by atoms with E-state index in [-0.39, 0.29) is 0 Å². The summed E-state index contributed by atoms with van der Waals surface area (Å²) in [5.41, 5.74) is 3.82. The minimum atomic E-state index is 0.993. The molecule has 2 heteroatoms. The van der Waals surface area contributed by atoms with Crippen molar-refractivity contribution in [3.05, 3.63) is 48.3 Å². The molecule has 0 amide bonds. The molecule has 0 spiro atoms. The minimum Gasteiger partial charge on any atom is -0.260 e. The Kier molecular flexibility index (Phi) is 1.81. The lowest BCUT2D eigenvalue weighted by Gasteiger charge is -2.17. The maximum absolute atomic E-state index is 4.40. The van der Waals surface area contributed by atoms with Crippen LogP contribution in [0.2, 0.25) is 0 Å². The Balaban J connectivity index is 2.29. The molecule has 2 aromatic rings. The highest BCUT2D eigenvalue weighted by molar-refractivity contribution is 7.98. The first-order valence-electron chi connectivity index (χ1n) is 4.61. The number of fused-ring (bicyclic) bond motifs is 3. The molecule has 0 unspecified atom stereocenters. The number of hydrogen-bond acceptors (Lipinski definition) is 2. The van der Waals surface area contributed by atoms with Crippen LogP contribution in [0.4, 0.5) is 0 Å². The van der Waals surface area contributed by atoms with Crippen LogP contribution in [-0.4, -0.2) is 4.98 Å². The first kappa shape index (κ1) is 8.06. The fourth-order valence-corrected chi connectivity index (χ4v) is 2.79. The summed E-state index contributed by atoms with van der Waals surface area (Å²) in [7, 11) is 0. The van der Waals surface area contributed by atoms with Gasteiger partial charge in [0.1, 0.15) is 0 Å². The molecule has 0 N–H and O–H groups in total. The number of pyridine rings is 1. The van der Waals surface area contributed by atoms with Gasteiger partial charge in [0.15, 0.2) is 0 Å². The summed E-state index contributed by atoms with van der Waals surface area (Å²) in [5.74, 6) is 0.993. The lowest BCUT2D eigenvalue weighted by atomic mass is 10.0. The van der Waals surface area contributed by atoms with Crippen molar-refractivity contribution >= 4 is 11.8 Å². The molecule has 0 saturated carbocycles. The molecule has 14 heavy (non-hydrogen) atoms. The second kappa shape index (κ2) is 3.14. The quantitative estimate of drug-likeness (QED) is 0.645. The lowest BCUT2D eigenvalue weighted by Crippen LogP contribution is -1.97. The van der Waals surface area contributed by atoms with Gasteiger partial charge in [-0.2, -0.15) is 0 Å². The van der Waals surface area contributed by atoms with E-state index in [1.54, 1.807) is 0 Å². The van der Waals surface area contributed by atoms with Crippen LogP contribution in [0.1, 0.15) is 5.69 Å². The maximum Gasteiger partial charge on any atom is 0.0584 e. The van der Waals surface area contributed by atoms with Gasteiger partial charge in [0.2, 0.25) is 0 Å². The molecule has 1 nitrogen and oxygen atoms in total. The van der Waals surface area contributed by atoms with Gasteiger partial charge in [-0.1, -0.05) is 24.3 Å². The van der Waals surface area contributed by atoms with Crippen LogP contribution in [-0.2, 0) is 5.75 Å². The molecule has 0 radical (unpaired) electrons. The second-order valence-electron chi connectivity index (χ2n) is 3.28. The smallest absolute Gasteiger partial charge is 0.0584 e. The van der Waals surface area contributed by atoms with Crippen LogP contribution in [0.5, 0.6) is 0 Å². The molecule has 1 aromatic heterocycles. The lowest BCUT2D eigenvalue weighted by molar-refractivity contribution is 1.16. The van der Waals surface area contributed by atoms with E-state index < -0.39 is 0 Å². The van der Waals surface area contributed by atoms with E-state index in [0.29, 0.717) is 0 Å². The van der Waals surface area contributed by atoms with Gasteiger partial charge < -0.3 is 0 Å². The Labute approximate surface area is 87.2 Å². The molecule has 0 atom stereocenters. The highest BCUT2D eigenvalue weighted by Crippen LogP contribution is 2.39. The number of thioether (sulfide) groups is 1. The molecule has 0 fully saturated rings. The van der Waals surface area contributed by atoms with E-state index in [1.165, 1.54) is 21.7 Å². The van der Waals surface area contributed by atoms with Crippen LogP contribution in [0.3, 0.4) is 0 Å². The Morgan fingerprint density at radius 3 is 2.86 bits per heavy atom. The third-order valence-electron chi connectivity index (χ3n) is 2.43. The van der Waals surface area contributed by atoms with E-state index in [9.17, 15) is 0 Å². The standard InChI is InChI=1S/C12H9NS/c1-2-6-12-10(4-1)9-5-3-7-13-11(9)8-14-12/h1-7H,8H2. The van der Waals surface area contributed by atoms with Crippen molar-refractivity contribution in [3.8, 4) is 11.1 Å². The summed E-state index contributed by atoms with van der Waals surface area (Å²) in [6, 6.07) is 12.7. The van der Waals surface area contributed by atoms with Crippen LogP contribution in [0.15, 0.2) is 47.5 Å². The number of nitrogens with zero attached hydrogens (tertiary/aromatic N) is 1. The minimum absolute atomic E-state index is 0.993. The topological polar surface area (TPSA) is 12.9 Å². The Morgan fingerprint density at radius 1 is 1.00 bits per heavy atom. The van der Waals surface area contributed by atoms with Gasteiger partial charge in [-0.05, 0) is 17.7 Å². The van der Waals surface area contributed by atoms with Crippen LogP contribution in [0, 0.1) is 0 Å². The number of aromatic nitrogens is 1. The molecule has 1 aliphatic heterocycles. The molecular weight excluding hydrogens is 190 g/mol. The van der Waals surface area contributed by atoms with E-state index in [1.807, 2.05) is 24.0 Å². The average molecular weight is 199 g/mol. The van der Waals surface area contributed by atoms with Crippen molar-refractivity contribution in [1.29, 1.82) is 0 Å². The summed E-state index contributed by atoms with van der Waals surface area (Å²) in [4.78, 5) is 5.77. The van der Waals surface area contributed by atoms with Gasteiger partial charge in [0, 0.05) is 22.4 Å². The van der Waals surface area contributed by atoms with Crippen LogP contribution in [0.25, 0.3) is 11.1 Å². The summed E-state index contributed by atoms with van der Waals surface area (Å²) < 4.78 is 0. The van der Waals surface area contributed by atoms with Gasteiger partial charge in [-0.15, -0.1) is 11.8 Å². The summed E-state index contributed by atoms with van der Waals surface area (Å²) in [6.07, 6.45) is 1.87. The van der Waals surface area contributed by atoms with Crippen molar-refractivity contribution in [3.63, 3.8) is 0 Å². The Hall–Kier alpha value is -1.28. The highest BCUT2D eigenvalue weighted by atomic mass is 32.2. The molecular formula is C12H9NS. The van der Waals surface area contributed by atoms with Gasteiger partial charge in [-0.3, -0.25) is 4.98 Å². The Morgan fingerprint density at radius 2 is 1.86 bits per heavy atom. The van der Waals surface area contributed by atoms with E-state index >= 15 is 0 Å². The highest BCUT2D eigenvalue weighted by Gasteiger charge is 2.15. The SMILES string of the molecule is c1ccc2c(c1)SCc1ncccc1-2. The molecule has 1 aromatic carbocycles. The first-order valence-corrected chi connectivity index (χ1v) is 5.60. The van der Waals surface area contributed by atoms with Crippen molar-refractivity contribution in [2.24, 2.45) is 0 Å². The normalized spacial score (nSPS) is 13.1. The zero-order valence-electron chi connectivity index (χ0n) is 7.60. The van der Waals surface area contributed by atoms with Crippen molar-refractivity contribution < 1.29 is 0 Å². The number of hydrogen-bond donors (Lipinski definition) is 0. The zero-order valence-corrected chi connectivity index (χ0v) is 8.42. The largest absolute Gasteiger partial charge is 0.260 e. The second-order valence-corrected chi connectivity index (χ2v) is 4.30. The number of rotatable bonds is 0. The predicted octanol–water partition coefficient (Wildman–Crippen LogP) is 3.35. The van der Waals surface area contributed by atoms with Gasteiger partial charge in [-0.25, -0.2) is 0 Å². The average Bonchev–Trinajstić information content (AvgIpc) is 2.29. The van der Waals surface area contributed by atoms with Crippen LogP contribution < -0.4 is 0 Å². The fourth-order valence-electron chi connectivity index (χ4n) is 1.76. The van der Waals surface area contributed by atoms with E-state index in [0.717, 1.165) is 5.75 Å². The van der Waals surface area contributed by atoms with Gasteiger partial charge in [0.05, 0.1) is 5.69 Å². The zero-order chi connectivity index (χ0) is 9.38. The Bertz CT molecular complexity index is 434. The van der Waals surface area contributed by atoms with Crippen LogP contribution >= 0.6 is 11.8 Å². The summed E-state index contributed by atoms with van der Waals surface area (Å²) in [6.45, 7) is 0. The third-order valence-corrected chi connectivity index (χ3v) is 3.52. The maximum atomic E-state index is 4.40. The molecule has 0 saturated heterocycles. The number of benzene rings is 1. The molecule has 0 aliphatic carbocycles. The summed E-state index contributed by atoms with van der Waals surface area (Å²) in [5, 5.41) is 0. The predicted molar refractivity (Wildman–Crippen MR) is 59.2 cm³/mol. The molecule has 2 heterocycles. The molecule has 68 valence electrons. The van der Waals surface area contributed by atoms with Crippen molar-refractivity contribution in [1.82, 2.24) is 4.98 Å². The monoisotopic (exact) mass is 199 g/mol. The van der Waals surface area contributed by atoms with Crippen molar-refractivity contribution in [2.75, 3.05) is 0 Å². The molecule has 0 bridgehead atoms.